The lowest BCUT2D eigenvalue weighted by molar-refractivity contribution is -0.163. The molecule has 1 aliphatic heterocycles. The monoisotopic (exact) mass is 382 g/mol. The van der Waals surface area contributed by atoms with Crippen molar-refractivity contribution in [2.75, 3.05) is 0 Å². The van der Waals surface area contributed by atoms with Crippen molar-refractivity contribution in [3.05, 3.63) is 42.0 Å². The number of carbonyl (C=O) groups excluding carboxylic acids is 4. The topological polar surface area (TPSA) is 92.8 Å². The van der Waals surface area contributed by atoms with Gasteiger partial charge in [-0.2, -0.15) is 0 Å². The van der Waals surface area contributed by atoms with Crippen LogP contribution in [-0.2, 0) is 25.6 Å². The van der Waals surface area contributed by atoms with Gasteiger partial charge in [-0.05, 0) is 36.5 Å². The highest BCUT2D eigenvalue weighted by atomic mass is 16.5. The molecule has 0 unspecified atom stereocenters. The Morgan fingerprint density at radius 2 is 1.89 bits per heavy atom. The molecule has 1 heterocycles. The summed E-state index contributed by atoms with van der Waals surface area (Å²) in [5.74, 6) is -0.840. The lowest BCUT2D eigenvalue weighted by atomic mass is 9.80. The van der Waals surface area contributed by atoms with Gasteiger partial charge in [-0.3, -0.25) is 24.1 Å². The molecule has 7 heteroatoms. The Hall–Kier alpha value is -2.96. The van der Waals surface area contributed by atoms with Crippen molar-refractivity contribution < 1.29 is 23.9 Å². The molecule has 4 rings (SSSR count). The predicted molar refractivity (Wildman–Crippen MR) is 99.0 cm³/mol. The van der Waals surface area contributed by atoms with Crippen LogP contribution in [-0.4, -0.2) is 40.2 Å². The first-order chi connectivity index (χ1) is 13.3. The van der Waals surface area contributed by atoms with E-state index in [2.05, 4.69) is 11.4 Å². The molecule has 1 spiro atoms. The van der Waals surface area contributed by atoms with Crippen LogP contribution < -0.4 is 10.1 Å². The first kappa shape index (κ1) is 18.4. The van der Waals surface area contributed by atoms with Gasteiger partial charge in [0, 0.05) is 26.2 Å². The van der Waals surface area contributed by atoms with Gasteiger partial charge >= 0.3 is 5.97 Å². The summed E-state index contributed by atoms with van der Waals surface area (Å²) in [5.41, 5.74) is -0.225. The molecule has 4 atom stereocenters. The number of hydrogen-bond donors (Lipinski definition) is 1. The Balaban J connectivity index is 1.58. The molecule has 146 valence electrons. The number of ether oxygens (including phenoxy) is 1. The van der Waals surface area contributed by atoms with Gasteiger partial charge in [0.1, 0.15) is 17.3 Å². The van der Waals surface area contributed by atoms with E-state index < -0.39 is 23.5 Å². The zero-order valence-corrected chi connectivity index (χ0v) is 15.8. The Morgan fingerprint density at radius 3 is 2.43 bits per heavy atom. The summed E-state index contributed by atoms with van der Waals surface area (Å²) < 4.78 is 5.01. The fourth-order valence-corrected chi connectivity index (χ4v) is 4.71. The van der Waals surface area contributed by atoms with Crippen molar-refractivity contribution >= 4 is 23.7 Å². The van der Waals surface area contributed by atoms with E-state index in [1.54, 1.807) is 24.3 Å². The Kier molecular flexibility index (Phi) is 4.33. The molecule has 3 amide bonds. The maximum atomic E-state index is 13.3. The molecular weight excluding hydrogens is 360 g/mol. The molecule has 7 nitrogen and oxygen atoms in total. The highest BCUT2D eigenvalue weighted by molar-refractivity contribution is 6.09. The van der Waals surface area contributed by atoms with Crippen molar-refractivity contribution in [3.8, 4) is 5.75 Å². The van der Waals surface area contributed by atoms with Crippen molar-refractivity contribution in [1.29, 1.82) is 0 Å². The SMILES string of the molecule is CC(=O)Oc1ccc(C[C@H]2C(=O)N[C@@]3(C[C@H]4C=C[C@@H]3C4)C(=O)N2C(C)=O)cc1. The van der Waals surface area contributed by atoms with Gasteiger partial charge in [-0.25, -0.2) is 0 Å². The van der Waals surface area contributed by atoms with Crippen molar-refractivity contribution in [3.63, 3.8) is 0 Å². The average Bonchev–Trinajstić information content (AvgIpc) is 3.22. The van der Waals surface area contributed by atoms with Gasteiger partial charge < -0.3 is 10.1 Å². The van der Waals surface area contributed by atoms with Gasteiger partial charge in [-0.1, -0.05) is 24.3 Å². The fraction of sp³-hybridized carbons (Fsp3) is 0.429. The summed E-state index contributed by atoms with van der Waals surface area (Å²) in [6, 6.07) is 5.80. The minimum atomic E-state index is -0.988. The van der Waals surface area contributed by atoms with Crippen LogP contribution in [0.5, 0.6) is 5.75 Å². The van der Waals surface area contributed by atoms with Gasteiger partial charge in [0.2, 0.25) is 11.8 Å². The molecule has 0 aromatic heterocycles. The second-order valence-corrected chi connectivity index (χ2v) is 7.80. The number of hydrogen-bond acceptors (Lipinski definition) is 5. The Bertz CT molecular complexity index is 891. The normalized spacial score (nSPS) is 30.6. The van der Waals surface area contributed by atoms with E-state index in [1.807, 2.05) is 6.08 Å². The summed E-state index contributed by atoms with van der Waals surface area (Å²) in [5, 5.41) is 2.96. The number of nitrogens with one attached hydrogen (secondary N) is 1. The standard InChI is InChI=1S/C21H22N2O5/c1-12(24)23-18(10-14-4-7-17(8-5-14)28-13(2)25)19(26)22-21(20(23)27)11-15-3-6-16(21)9-15/h3-8,15-16,18H,9-11H2,1-2H3,(H,22,26)/t15-,16+,18-,21+/m0/s1. The molecule has 28 heavy (non-hydrogen) atoms. The number of benzene rings is 1. The van der Waals surface area contributed by atoms with E-state index in [0.717, 1.165) is 16.9 Å². The number of allylic oxidation sites excluding steroid dienone is 1. The summed E-state index contributed by atoms with van der Waals surface area (Å²) in [6.07, 6.45) is 5.66. The smallest absolute Gasteiger partial charge is 0.308 e. The van der Waals surface area contributed by atoms with Gasteiger partial charge in [-0.15, -0.1) is 0 Å². The molecule has 1 N–H and O–H groups in total. The molecule has 2 fully saturated rings. The zero-order chi connectivity index (χ0) is 20.1. The number of imide groups is 1. The maximum absolute atomic E-state index is 13.3. The molecule has 2 aliphatic carbocycles. The number of carbonyl (C=O) groups is 4. The fourth-order valence-electron chi connectivity index (χ4n) is 4.71. The third-order valence-electron chi connectivity index (χ3n) is 5.90. The lowest BCUT2D eigenvalue weighted by Crippen LogP contribution is -2.72. The van der Waals surface area contributed by atoms with Gasteiger partial charge in [0.05, 0.1) is 0 Å². The summed E-state index contributed by atoms with van der Waals surface area (Å²) in [6.45, 7) is 2.64. The Labute approximate surface area is 162 Å². The molecule has 1 saturated heterocycles. The van der Waals surface area contributed by atoms with Crippen LogP contribution in [0.3, 0.4) is 0 Å². The Morgan fingerprint density at radius 1 is 1.18 bits per heavy atom. The van der Waals surface area contributed by atoms with E-state index in [-0.39, 0.29) is 30.1 Å². The predicted octanol–water partition coefficient (Wildman–Crippen LogP) is 1.36. The maximum Gasteiger partial charge on any atom is 0.308 e. The van der Waals surface area contributed by atoms with E-state index in [4.69, 9.17) is 4.74 Å². The molecule has 1 saturated carbocycles. The number of nitrogens with zero attached hydrogens (tertiary/aromatic N) is 1. The van der Waals surface area contributed by atoms with Crippen LogP contribution in [0.25, 0.3) is 0 Å². The van der Waals surface area contributed by atoms with Crippen LogP contribution in [0.1, 0.15) is 32.3 Å². The average molecular weight is 382 g/mol. The van der Waals surface area contributed by atoms with Crippen LogP contribution in [0.2, 0.25) is 0 Å². The van der Waals surface area contributed by atoms with Crippen molar-refractivity contribution in [2.24, 2.45) is 11.8 Å². The van der Waals surface area contributed by atoms with E-state index >= 15 is 0 Å². The summed E-state index contributed by atoms with van der Waals surface area (Å²) in [7, 11) is 0. The van der Waals surface area contributed by atoms with Crippen molar-refractivity contribution in [2.45, 2.75) is 44.7 Å². The minimum absolute atomic E-state index is 0.0558. The van der Waals surface area contributed by atoms with E-state index in [0.29, 0.717) is 12.2 Å². The van der Waals surface area contributed by atoms with Crippen molar-refractivity contribution in [1.82, 2.24) is 10.2 Å². The third kappa shape index (κ3) is 2.91. The first-order valence-corrected chi connectivity index (χ1v) is 9.42. The van der Waals surface area contributed by atoms with E-state index in [1.165, 1.54) is 13.8 Å². The molecular formula is C21H22N2O5. The number of piperazine rings is 1. The number of rotatable bonds is 3. The quantitative estimate of drug-likeness (QED) is 0.484. The largest absolute Gasteiger partial charge is 0.427 e. The highest BCUT2D eigenvalue weighted by Crippen LogP contribution is 2.48. The van der Waals surface area contributed by atoms with Crippen LogP contribution >= 0.6 is 0 Å². The number of fused-ring (bicyclic) bond motifs is 3. The molecule has 1 aromatic rings. The van der Waals surface area contributed by atoms with Crippen LogP contribution in [0.4, 0.5) is 0 Å². The number of esters is 1. The molecule has 1 aromatic carbocycles. The molecule has 0 radical (unpaired) electrons. The zero-order valence-electron chi connectivity index (χ0n) is 15.8. The second-order valence-electron chi connectivity index (χ2n) is 7.80. The first-order valence-electron chi connectivity index (χ1n) is 9.42. The van der Waals surface area contributed by atoms with Crippen LogP contribution in [0.15, 0.2) is 36.4 Å². The lowest BCUT2D eigenvalue weighted by Gasteiger charge is -2.46. The number of amides is 3. The third-order valence-corrected chi connectivity index (χ3v) is 5.90. The van der Waals surface area contributed by atoms with Gasteiger partial charge in [0.15, 0.2) is 0 Å². The summed E-state index contributed by atoms with van der Waals surface area (Å²) >= 11 is 0. The highest BCUT2D eigenvalue weighted by Gasteiger charge is 2.60. The van der Waals surface area contributed by atoms with Gasteiger partial charge in [0.25, 0.3) is 5.91 Å². The minimum Gasteiger partial charge on any atom is -0.427 e. The molecule has 3 aliphatic rings. The second kappa shape index (κ2) is 6.58. The van der Waals surface area contributed by atoms with Crippen LogP contribution in [0, 0.1) is 11.8 Å². The van der Waals surface area contributed by atoms with E-state index in [9.17, 15) is 19.2 Å². The summed E-state index contributed by atoms with van der Waals surface area (Å²) in [4.78, 5) is 50.7. The molecule has 2 bridgehead atoms.